The van der Waals surface area contributed by atoms with E-state index in [-0.39, 0.29) is 25.1 Å². The van der Waals surface area contributed by atoms with Crippen LogP contribution in [0.2, 0.25) is 0 Å². The molecular formula is C17H18FNO4. The molecule has 2 atom stereocenters. The standard InChI is InChI=1S/C17H18FNO4/c1-10-2-3-11(17(21)22)8-19(10)16(20)13-6-12-7-14(18)4-5-15(12)23-9-13/h4-7,10-11H,2-3,8-9H2,1H3,(H,21,22). The second-order valence-corrected chi connectivity index (χ2v) is 6.06. The summed E-state index contributed by atoms with van der Waals surface area (Å²) in [6.45, 7) is 2.22. The molecule has 1 aromatic carbocycles. The summed E-state index contributed by atoms with van der Waals surface area (Å²) in [6, 6.07) is 4.14. The van der Waals surface area contributed by atoms with E-state index in [4.69, 9.17) is 4.74 Å². The summed E-state index contributed by atoms with van der Waals surface area (Å²) < 4.78 is 18.8. The Balaban J connectivity index is 1.83. The fourth-order valence-electron chi connectivity index (χ4n) is 3.05. The van der Waals surface area contributed by atoms with Crippen LogP contribution in [0.1, 0.15) is 25.3 Å². The van der Waals surface area contributed by atoms with Gasteiger partial charge in [0, 0.05) is 18.2 Å². The molecule has 23 heavy (non-hydrogen) atoms. The van der Waals surface area contributed by atoms with Crippen molar-refractivity contribution in [2.24, 2.45) is 5.92 Å². The summed E-state index contributed by atoms with van der Waals surface area (Å²) >= 11 is 0. The van der Waals surface area contributed by atoms with Crippen LogP contribution in [0.3, 0.4) is 0 Å². The molecule has 1 N–H and O–H groups in total. The Morgan fingerprint density at radius 2 is 2.13 bits per heavy atom. The van der Waals surface area contributed by atoms with E-state index in [1.54, 1.807) is 11.0 Å². The van der Waals surface area contributed by atoms with Gasteiger partial charge in [0.1, 0.15) is 18.2 Å². The topological polar surface area (TPSA) is 66.8 Å². The number of fused-ring (bicyclic) bond motifs is 1. The number of hydrogen-bond acceptors (Lipinski definition) is 3. The lowest BCUT2D eigenvalue weighted by Gasteiger charge is -2.37. The van der Waals surface area contributed by atoms with Gasteiger partial charge in [-0.05, 0) is 44.0 Å². The van der Waals surface area contributed by atoms with E-state index in [1.165, 1.54) is 18.2 Å². The maximum Gasteiger partial charge on any atom is 0.308 e. The molecule has 0 radical (unpaired) electrons. The maximum atomic E-state index is 13.3. The summed E-state index contributed by atoms with van der Waals surface area (Å²) in [5.74, 6) is -1.51. The second-order valence-electron chi connectivity index (χ2n) is 6.06. The van der Waals surface area contributed by atoms with Gasteiger partial charge in [-0.3, -0.25) is 9.59 Å². The van der Waals surface area contributed by atoms with Gasteiger partial charge < -0.3 is 14.7 Å². The molecule has 0 bridgehead atoms. The lowest BCUT2D eigenvalue weighted by atomic mass is 9.92. The zero-order valence-electron chi connectivity index (χ0n) is 12.8. The number of rotatable bonds is 2. The predicted octanol–water partition coefficient (Wildman–Crippen LogP) is 2.31. The highest BCUT2D eigenvalue weighted by Crippen LogP contribution is 2.29. The number of carboxylic acids is 1. The summed E-state index contributed by atoms with van der Waals surface area (Å²) in [6.07, 6.45) is 2.85. The Morgan fingerprint density at radius 3 is 2.87 bits per heavy atom. The van der Waals surface area contributed by atoms with Crippen molar-refractivity contribution in [3.05, 3.63) is 35.2 Å². The lowest BCUT2D eigenvalue weighted by Crippen LogP contribution is -2.48. The number of nitrogens with zero attached hydrogens (tertiary/aromatic N) is 1. The van der Waals surface area contributed by atoms with Crippen LogP contribution < -0.4 is 4.74 Å². The first kappa shape index (κ1) is 15.5. The smallest absolute Gasteiger partial charge is 0.308 e. The molecule has 2 unspecified atom stereocenters. The Labute approximate surface area is 133 Å². The van der Waals surface area contributed by atoms with E-state index >= 15 is 0 Å². The van der Waals surface area contributed by atoms with Crippen LogP contribution in [0.5, 0.6) is 5.75 Å². The minimum absolute atomic E-state index is 0.0205. The Bertz CT molecular complexity index is 685. The Morgan fingerprint density at radius 1 is 1.35 bits per heavy atom. The highest BCUT2D eigenvalue weighted by molar-refractivity contribution is 5.99. The number of carboxylic acid groups (broad SMARTS) is 1. The molecule has 1 amide bonds. The van der Waals surface area contributed by atoms with E-state index in [0.29, 0.717) is 29.7 Å². The van der Waals surface area contributed by atoms with Gasteiger partial charge in [0.15, 0.2) is 0 Å². The third kappa shape index (κ3) is 3.06. The number of hydrogen-bond donors (Lipinski definition) is 1. The van der Waals surface area contributed by atoms with Gasteiger partial charge in [-0.2, -0.15) is 0 Å². The molecule has 1 aromatic rings. The van der Waals surface area contributed by atoms with Gasteiger partial charge in [0.05, 0.1) is 11.5 Å². The van der Waals surface area contributed by atoms with E-state index in [0.717, 1.165) is 0 Å². The third-order valence-corrected chi connectivity index (χ3v) is 4.45. The zero-order chi connectivity index (χ0) is 16.6. The van der Waals surface area contributed by atoms with Crippen LogP contribution >= 0.6 is 0 Å². The van der Waals surface area contributed by atoms with Crippen molar-refractivity contribution >= 4 is 18.0 Å². The molecule has 5 nitrogen and oxygen atoms in total. The number of aliphatic carboxylic acids is 1. The number of carbonyl (C=O) groups is 2. The van der Waals surface area contributed by atoms with Gasteiger partial charge in [-0.15, -0.1) is 0 Å². The summed E-state index contributed by atoms with van der Waals surface area (Å²) in [7, 11) is 0. The molecule has 3 rings (SSSR count). The monoisotopic (exact) mass is 319 g/mol. The van der Waals surface area contributed by atoms with Crippen LogP contribution in [0.25, 0.3) is 6.08 Å². The highest BCUT2D eigenvalue weighted by atomic mass is 19.1. The molecule has 2 aliphatic heterocycles. The van der Waals surface area contributed by atoms with Crippen LogP contribution in [0, 0.1) is 11.7 Å². The number of likely N-dealkylation sites (tertiary alicyclic amines) is 1. The number of amides is 1. The van der Waals surface area contributed by atoms with Crippen molar-refractivity contribution < 1.29 is 23.8 Å². The maximum absolute atomic E-state index is 13.3. The first-order chi connectivity index (χ1) is 11.0. The van der Waals surface area contributed by atoms with E-state index < -0.39 is 17.7 Å². The third-order valence-electron chi connectivity index (χ3n) is 4.45. The zero-order valence-corrected chi connectivity index (χ0v) is 12.8. The van der Waals surface area contributed by atoms with Crippen LogP contribution in [-0.4, -0.2) is 41.1 Å². The number of benzene rings is 1. The number of carbonyl (C=O) groups excluding carboxylic acids is 1. The van der Waals surface area contributed by atoms with Crippen molar-refractivity contribution in [1.82, 2.24) is 4.90 Å². The Kier molecular flexibility index (Phi) is 4.07. The molecule has 2 aliphatic rings. The molecule has 1 fully saturated rings. The predicted molar refractivity (Wildman–Crippen MR) is 81.4 cm³/mol. The number of ether oxygens (including phenoxy) is 1. The number of piperidine rings is 1. The van der Waals surface area contributed by atoms with Crippen molar-refractivity contribution in [1.29, 1.82) is 0 Å². The second kappa shape index (κ2) is 6.02. The molecule has 2 heterocycles. The molecule has 122 valence electrons. The summed E-state index contributed by atoms with van der Waals surface area (Å²) in [5, 5.41) is 9.18. The van der Waals surface area contributed by atoms with E-state index in [2.05, 4.69) is 0 Å². The summed E-state index contributed by atoms with van der Waals surface area (Å²) in [5.41, 5.74) is 0.944. The van der Waals surface area contributed by atoms with Crippen molar-refractivity contribution in [3.63, 3.8) is 0 Å². The van der Waals surface area contributed by atoms with Crippen molar-refractivity contribution in [2.75, 3.05) is 13.2 Å². The molecule has 1 saturated heterocycles. The number of halogens is 1. The average Bonchev–Trinajstić information content (AvgIpc) is 2.53. The Hall–Kier alpha value is -2.37. The molecular weight excluding hydrogens is 301 g/mol. The highest BCUT2D eigenvalue weighted by Gasteiger charge is 2.34. The van der Waals surface area contributed by atoms with Gasteiger partial charge >= 0.3 is 5.97 Å². The fourth-order valence-corrected chi connectivity index (χ4v) is 3.05. The molecule has 0 aliphatic carbocycles. The average molecular weight is 319 g/mol. The van der Waals surface area contributed by atoms with E-state index in [1.807, 2.05) is 6.92 Å². The van der Waals surface area contributed by atoms with Gasteiger partial charge in [0.25, 0.3) is 5.91 Å². The van der Waals surface area contributed by atoms with Gasteiger partial charge in [-0.25, -0.2) is 4.39 Å². The van der Waals surface area contributed by atoms with Crippen molar-refractivity contribution in [2.45, 2.75) is 25.8 Å². The normalized spacial score (nSPS) is 23.6. The molecule has 6 heteroatoms. The van der Waals surface area contributed by atoms with E-state index in [9.17, 15) is 19.1 Å². The van der Waals surface area contributed by atoms with Gasteiger partial charge in [-0.1, -0.05) is 0 Å². The minimum Gasteiger partial charge on any atom is -0.488 e. The fraction of sp³-hybridized carbons (Fsp3) is 0.412. The largest absolute Gasteiger partial charge is 0.488 e. The SMILES string of the molecule is CC1CCC(C(=O)O)CN1C(=O)C1=Cc2cc(F)ccc2OC1. The van der Waals surface area contributed by atoms with Crippen LogP contribution in [0.4, 0.5) is 4.39 Å². The first-order valence-corrected chi connectivity index (χ1v) is 7.62. The molecule has 0 aromatic heterocycles. The molecule has 0 spiro atoms. The van der Waals surface area contributed by atoms with Gasteiger partial charge in [0.2, 0.25) is 0 Å². The lowest BCUT2D eigenvalue weighted by molar-refractivity contribution is -0.146. The molecule has 0 saturated carbocycles. The van der Waals surface area contributed by atoms with Crippen molar-refractivity contribution in [3.8, 4) is 5.75 Å². The van der Waals surface area contributed by atoms with Crippen LogP contribution in [0.15, 0.2) is 23.8 Å². The quantitative estimate of drug-likeness (QED) is 0.908. The minimum atomic E-state index is -0.879. The van der Waals surface area contributed by atoms with Crippen LogP contribution in [-0.2, 0) is 9.59 Å². The summed E-state index contributed by atoms with van der Waals surface area (Å²) in [4.78, 5) is 25.5. The first-order valence-electron chi connectivity index (χ1n) is 7.62.